The van der Waals surface area contributed by atoms with Crippen LogP contribution in [-0.2, 0) is 4.79 Å². The third-order valence-electron chi connectivity index (χ3n) is 3.44. The largest absolute Gasteiger partial charge is 0.294 e. The van der Waals surface area contributed by atoms with Gasteiger partial charge in [-0.15, -0.1) is 0 Å². The fraction of sp³-hybridized carbons (Fsp3) is 0.900. The van der Waals surface area contributed by atoms with E-state index in [2.05, 4.69) is 24.2 Å². The Hall–Kier alpha value is -0.610. The van der Waals surface area contributed by atoms with Crippen LogP contribution in [0.4, 0.5) is 0 Å². The Morgan fingerprint density at radius 2 is 2.07 bits per heavy atom. The van der Waals surface area contributed by atoms with Crippen LogP contribution in [0.2, 0.25) is 0 Å². The highest BCUT2D eigenvalue weighted by atomic mass is 16.2. The van der Waals surface area contributed by atoms with E-state index in [9.17, 15) is 4.79 Å². The molecule has 4 nitrogen and oxygen atoms in total. The number of likely N-dealkylation sites (tertiary alicyclic amines) is 1. The van der Waals surface area contributed by atoms with Gasteiger partial charge in [-0.05, 0) is 31.3 Å². The predicted molar refractivity (Wildman–Crippen MR) is 56.4 cm³/mol. The molecule has 0 unspecified atom stereocenters. The number of carbonyl (C=O) groups is 1. The summed E-state index contributed by atoms with van der Waals surface area (Å²) in [7, 11) is 0. The highest BCUT2D eigenvalue weighted by Gasteiger charge is 2.28. The van der Waals surface area contributed by atoms with E-state index in [0.29, 0.717) is 12.0 Å². The molecule has 0 radical (unpaired) electrons. The van der Waals surface area contributed by atoms with Gasteiger partial charge in [0, 0.05) is 0 Å². The van der Waals surface area contributed by atoms with Crippen molar-refractivity contribution >= 4 is 5.91 Å². The number of piperidine rings is 1. The van der Waals surface area contributed by atoms with Crippen molar-refractivity contribution in [3.8, 4) is 0 Å². The average molecular weight is 199 g/mol. The molecule has 1 aliphatic rings. The molecule has 0 aromatic heterocycles. The average Bonchev–Trinajstić information content (AvgIpc) is 2.21. The van der Waals surface area contributed by atoms with Gasteiger partial charge in [0.2, 0.25) is 5.91 Å². The molecule has 0 bridgehead atoms. The van der Waals surface area contributed by atoms with Gasteiger partial charge < -0.3 is 0 Å². The van der Waals surface area contributed by atoms with Crippen LogP contribution in [0, 0.1) is 5.41 Å². The summed E-state index contributed by atoms with van der Waals surface area (Å²) < 4.78 is 0. The van der Waals surface area contributed by atoms with Crippen LogP contribution >= 0.6 is 0 Å². The molecule has 1 aliphatic heterocycles. The van der Waals surface area contributed by atoms with E-state index in [1.807, 2.05) is 0 Å². The molecule has 0 aromatic rings. The summed E-state index contributed by atoms with van der Waals surface area (Å²) in [5.41, 5.74) is 2.65. The second kappa shape index (κ2) is 4.75. The number of carbonyl (C=O) groups excluding carboxylic acids is 1. The van der Waals surface area contributed by atoms with Crippen LogP contribution in [0.1, 0.15) is 33.1 Å². The van der Waals surface area contributed by atoms with Gasteiger partial charge in [-0.25, -0.2) is 5.84 Å². The van der Waals surface area contributed by atoms with Crippen molar-refractivity contribution in [3.63, 3.8) is 0 Å². The van der Waals surface area contributed by atoms with Crippen molar-refractivity contribution in [3.05, 3.63) is 0 Å². The van der Waals surface area contributed by atoms with Crippen LogP contribution in [0.15, 0.2) is 0 Å². The Morgan fingerprint density at radius 1 is 1.50 bits per heavy atom. The minimum Gasteiger partial charge on any atom is -0.294 e. The normalized spacial score (nSPS) is 21.9. The zero-order valence-corrected chi connectivity index (χ0v) is 9.18. The topological polar surface area (TPSA) is 58.4 Å². The number of nitrogens with one attached hydrogen (secondary N) is 1. The van der Waals surface area contributed by atoms with E-state index in [0.717, 1.165) is 13.1 Å². The number of hydrazine groups is 1. The number of rotatable bonds is 3. The van der Waals surface area contributed by atoms with Gasteiger partial charge in [0.1, 0.15) is 0 Å². The lowest BCUT2D eigenvalue weighted by Crippen LogP contribution is -2.45. The molecule has 3 N–H and O–H groups in total. The highest BCUT2D eigenvalue weighted by molar-refractivity contribution is 5.77. The Kier molecular flexibility index (Phi) is 3.89. The SMILES string of the molecule is CCC1(C)CCN(CC(=O)NN)CC1. The zero-order chi connectivity index (χ0) is 10.6. The Labute approximate surface area is 85.8 Å². The quantitative estimate of drug-likeness (QED) is 0.395. The van der Waals surface area contributed by atoms with Gasteiger partial charge in [-0.3, -0.25) is 15.1 Å². The number of hydrogen-bond acceptors (Lipinski definition) is 3. The molecular formula is C10H21N3O. The van der Waals surface area contributed by atoms with Gasteiger partial charge >= 0.3 is 0 Å². The first-order valence-corrected chi connectivity index (χ1v) is 5.31. The van der Waals surface area contributed by atoms with E-state index in [1.165, 1.54) is 19.3 Å². The Balaban J connectivity index is 2.32. The molecule has 0 saturated carbocycles. The number of hydrogen-bond donors (Lipinski definition) is 2. The van der Waals surface area contributed by atoms with E-state index in [1.54, 1.807) is 0 Å². The molecule has 0 aliphatic carbocycles. The van der Waals surface area contributed by atoms with E-state index in [4.69, 9.17) is 5.84 Å². The van der Waals surface area contributed by atoms with Gasteiger partial charge in [0.25, 0.3) is 0 Å². The molecule has 4 heteroatoms. The first kappa shape index (κ1) is 11.5. The van der Waals surface area contributed by atoms with Gasteiger partial charge in [0.05, 0.1) is 6.54 Å². The second-order valence-corrected chi connectivity index (χ2v) is 4.51. The van der Waals surface area contributed by atoms with Gasteiger partial charge in [0.15, 0.2) is 0 Å². The first-order valence-electron chi connectivity index (χ1n) is 5.31. The number of nitrogens with zero attached hydrogens (tertiary/aromatic N) is 1. The third-order valence-corrected chi connectivity index (χ3v) is 3.44. The standard InChI is InChI=1S/C10H21N3O/c1-3-10(2)4-6-13(7-5-10)8-9(14)12-11/h3-8,11H2,1-2H3,(H,12,14). The maximum absolute atomic E-state index is 11.0. The van der Waals surface area contributed by atoms with Crippen LogP contribution in [0.3, 0.4) is 0 Å². The van der Waals surface area contributed by atoms with Gasteiger partial charge in [-0.2, -0.15) is 0 Å². The molecule has 1 rings (SSSR count). The molecule has 0 atom stereocenters. The zero-order valence-electron chi connectivity index (χ0n) is 9.18. The van der Waals surface area contributed by atoms with Crippen molar-refractivity contribution in [1.82, 2.24) is 10.3 Å². The Morgan fingerprint density at radius 3 is 2.50 bits per heavy atom. The van der Waals surface area contributed by atoms with Crippen molar-refractivity contribution < 1.29 is 4.79 Å². The molecule has 1 amide bonds. The molecule has 1 saturated heterocycles. The van der Waals surface area contributed by atoms with Crippen molar-refractivity contribution in [2.24, 2.45) is 11.3 Å². The van der Waals surface area contributed by atoms with Gasteiger partial charge in [-0.1, -0.05) is 20.3 Å². The highest BCUT2D eigenvalue weighted by Crippen LogP contribution is 2.33. The summed E-state index contributed by atoms with van der Waals surface area (Å²) in [6.07, 6.45) is 3.59. The monoisotopic (exact) mass is 199 g/mol. The maximum atomic E-state index is 11.0. The Bertz CT molecular complexity index is 198. The second-order valence-electron chi connectivity index (χ2n) is 4.51. The number of nitrogens with two attached hydrogens (primary N) is 1. The first-order chi connectivity index (χ1) is 6.59. The van der Waals surface area contributed by atoms with Crippen molar-refractivity contribution in [1.29, 1.82) is 0 Å². The predicted octanol–water partition coefficient (Wildman–Crippen LogP) is 0.488. The lowest BCUT2D eigenvalue weighted by Gasteiger charge is -2.38. The van der Waals surface area contributed by atoms with E-state index < -0.39 is 0 Å². The van der Waals surface area contributed by atoms with E-state index in [-0.39, 0.29) is 5.91 Å². The minimum absolute atomic E-state index is 0.0925. The van der Waals surface area contributed by atoms with Crippen LogP contribution in [-0.4, -0.2) is 30.4 Å². The van der Waals surface area contributed by atoms with Crippen molar-refractivity contribution in [2.75, 3.05) is 19.6 Å². The molecule has 82 valence electrons. The molecule has 1 fully saturated rings. The summed E-state index contributed by atoms with van der Waals surface area (Å²) in [6, 6.07) is 0. The minimum atomic E-state index is -0.0925. The fourth-order valence-corrected chi connectivity index (χ4v) is 1.85. The summed E-state index contributed by atoms with van der Waals surface area (Å²) in [5.74, 6) is 4.95. The summed E-state index contributed by atoms with van der Waals surface area (Å²) in [4.78, 5) is 13.2. The van der Waals surface area contributed by atoms with E-state index >= 15 is 0 Å². The van der Waals surface area contributed by atoms with Crippen molar-refractivity contribution in [2.45, 2.75) is 33.1 Å². The maximum Gasteiger partial charge on any atom is 0.248 e. The van der Waals surface area contributed by atoms with Crippen LogP contribution < -0.4 is 11.3 Å². The third kappa shape index (κ3) is 2.96. The lowest BCUT2D eigenvalue weighted by atomic mass is 9.78. The molecule has 14 heavy (non-hydrogen) atoms. The van der Waals surface area contributed by atoms with Crippen LogP contribution in [0.25, 0.3) is 0 Å². The fourth-order valence-electron chi connectivity index (χ4n) is 1.85. The molecule has 0 spiro atoms. The lowest BCUT2D eigenvalue weighted by molar-refractivity contribution is -0.122. The summed E-state index contributed by atoms with van der Waals surface area (Å²) in [5, 5.41) is 0. The molecular weight excluding hydrogens is 178 g/mol. The van der Waals surface area contributed by atoms with Crippen LogP contribution in [0.5, 0.6) is 0 Å². The number of amides is 1. The molecule has 1 heterocycles. The molecule has 0 aromatic carbocycles. The summed E-state index contributed by atoms with van der Waals surface area (Å²) in [6.45, 7) is 7.03. The summed E-state index contributed by atoms with van der Waals surface area (Å²) >= 11 is 0. The smallest absolute Gasteiger partial charge is 0.248 e.